The standard InChI is InChI=1S/C15H18ClNS/c1-10-5-4-6-13(7-10)11(2)17-12(3)14-8-15(16)18-9-14/h4-9,11-12,17H,1-3H3/t11-,12?/m1/s1. The maximum absolute atomic E-state index is 5.97. The third-order valence-electron chi connectivity index (χ3n) is 3.13. The van der Waals surface area contributed by atoms with E-state index in [4.69, 9.17) is 11.6 Å². The Labute approximate surface area is 118 Å². The van der Waals surface area contributed by atoms with Crippen LogP contribution < -0.4 is 5.32 Å². The minimum Gasteiger partial charge on any atom is -0.304 e. The van der Waals surface area contributed by atoms with Crippen LogP contribution in [0.2, 0.25) is 4.34 Å². The van der Waals surface area contributed by atoms with Crippen LogP contribution in [0.4, 0.5) is 0 Å². The van der Waals surface area contributed by atoms with E-state index in [0.717, 1.165) is 4.34 Å². The highest BCUT2D eigenvalue weighted by Gasteiger charge is 2.12. The van der Waals surface area contributed by atoms with Crippen LogP contribution in [-0.4, -0.2) is 0 Å². The van der Waals surface area contributed by atoms with Crippen LogP contribution in [-0.2, 0) is 0 Å². The van der Waals surface area contributed by atoms with Crippen molar-refractivity contribution in [2.45, 2.75) is 32.9 Å². The molecule has 2 rings (SSSR count). The molecule has 0 aliphatic carbocycles. The minimum absolute atomic E-state index is 0.310. The average molecular weight is 280 g/mol. The molecule has 96 valence electrons. The van der Waals surface area contributed by atoms with Crippen LogP contribution in [0.3, 0.4) is 0 Å². The second-order valence-electron chi connectivity index (χ2n) is 4.71. The molecule has 0 aliphatic rings. The second-order valence-corrected chi connectivity index (χ2v) is 6.25. The summed E-state index contributed by atoms with van der Waals surface area (Å²) >= 11 is 7.55. The van der Waals surface area contributed by atoms with Crippen molar-refractivity contribution in [3.63, 3.8) is 0 Å². The summed E-state index contributed by atoms with van der Waals surface area (Å²) in [5, 5.41) is 5.72. The van der Waals surface area contributed by atoms with Crippen molar-refractivity contribution in [3.05, 3.63) is 56.7 Å². The van der Waals surface area contributed by atoms with Crippen LogP contribution in [0.5, 0.6) is 0 Å². The fourth-order valence-corrected chi connectivity index (χ4v) is 3.04. The summed E-state index contributed by atoms with van der Waals surface area (Å²) in [4.78, 5) is 0. The molecule has 1 nitrogen and oxygen atoms in total. The van der Waals surface area contributed by atoms with Gasteiger partial charge in [-0.1, -0.05) is 41.4 Å². The summed E-state index contributed by atoms with van der Waals surface area (Å²) in [6.45, 7) is 6.49. The van der Waals surface area contributed by atoms with E-state index in [-0.39, 0.29) is 0 Å². The molecule has 1 N–H and O–H groups in total. The van der Waals surface area contributed by atoms with E-state index in [2.05, 4.69) is 55.7 Å². The molecule has 0 radical (unpaired) electrons. The van der Waals surface area contributed by atoms with Gasteiger partial charge in [-0.15, -0.1) is 11.3 Å². The van der Waals surface area contributed by atoms with E-state index in [1.165, 1.54) is 16.7 Å². The minimum atomic E-state index is 0.310. The van der Waals surface area contributed by atoms with Crippen molar-refractivity contribution in [1.82, 2.24) is 5.32 Å². The quantitative estimate of drug-likeness (QED) is 0.819. The third-order valence-corrected chi connectivity index (χ3v) is 4.24. The highest BCUT2D eigenvalue weighted by atomic mass is 35.5. The molecule has 0 bridgehead atoms. The largest absolute Gasteiger partial charge is 0.304 e. The van der Waals surface area contributed by atoms with Gasteiger partial charge in [0.05, 0.1) is 4.34 Å². The summed E-state index contributed by atoms with van der Waals surface area (Å²) in [5.74, 6) is 0. The van der Waals surface area contributed by atoms with Gasteiger partial charge < -0.3 is 5.32 Å². The Kier molecular flexibility index (Phi) is 4.44. The first kappa shape index (κ1) is 13.6. The molecule has 0 saturated heterocycles. The van der Waals surface area contributed by atoms with Gasteiger partial charge in [0.1, 0.15) is 0 Å². The third kappa shape index (κ3) is 3.35. The SMILES string of the molecule is Cc1cccc([C@@H](C)NC(C)c2csc(Cl)c2)c1. The van der Waals surface area contributed by atoms with Gasteiger partial charge in [-0.05, 0) is 43.3 Å². The van der Waals surface area contributed by atoms with E-state index in [9.17, 15) is 0 Å². The number of nitrogens with one attached hydrogen (secondary N) is 1. The molecular formula is C15H18ClNS. The summed E-state index contributed by atoms with van der Waals surface area (Å²) in [7, 11) is 0. The van der Waals surface area contributed by atoms with Gasteiger partial charge in [0.15, 0.2) is 0 Å². The molecule has 3 heteroatoms. The van der Waals surface area contributed by atoms with Crippen LogP contribution in [0, 0.1) is 6.92 Å². The van der Waals surface area contributed by atoms with E-state index in [1.54, 1.807) is 11.3 Å². The van der Waals surface area contributed by atoms with Crippen molar-refractivity contribution in [2.24, 2.45) is 0 Å². The first-order valence-electron chi connectivity index (χ1n) is 6.13. The van der Waals surface area contributed by atoms with Gasteiger partial charge in [0, 0.05) is 12.1 Å². The Hall–Kier alpha value is -0.830. The lowest BCUT2D eigenvalue weighted by molar-refractivity contribution is 0.495. The first-order valence-corrected chi connectivity index (χ1v) is 7.38. The van der Waals surface area contributed by atoms with Gasteiger partial charge in [0.2, 0.25) is 0 Å². The Bertz CT molecular complexity index is 521. The van der Waals surface area contributed by atoms with Gasteiger partial charge >= 0.3 is 0 Å². The molecule has 0 amide bonds. The zero-order chi connectivity index (χ0) is 13.1. The Balaban J connectivity index is 2.05. The van der Waals surface area contributed by atoms with Crippen LogP contribution in [0.1, 0.15) is 42.6 Å². The highest BCUT2D eigenvalue weighted by molar-refractivity contribution is 7.14. The fourth-order valence-electron chi connectivity index (χ4n) is 2.06. The van der Waals surface area contributed by atoms with Crippen molar-refractivity contribution in [1.29, 1.82) is 0 Å². The second kappa shape index (κ2) is 5.87. The molecule has 1 heterocycles. The summed E-state index contributed by atoms with van der Waals surface area (Å²) in [5.41, 5.74) is 3.88. The smallest absolute Gasteiger partial charge is 0.0931 e. The Morgan fingerprint density at radius 2 is 1.83 bits per heavy atom. The lowest BCUT2D eigenvalue weighted by Gasteiger charge is -2.20. The highest BCUT2D eigenvalue weighted by Crippen LogP contribution is 2.26. The molecule has 0 aliphatic heterocycles. The van der Waals surface area contributed by atoms with E-state index >= 15 is 0 Å². The maximum Gasteiger partial charge on any atom is 0.0931 e. The van der Waals surface area contributed by atoms with Crippen molar-refractivity contribution in [2.75, 3.05) is 0 Å². The van der Waals surface area contributed by atoms with Gasteiger partial charge in [-0.25, -0.2) is 0 Å². The number of hydrogen-bond acceptors (Lipinski definition) is 2. The molecule has 1 aromatic heterocycles. The molecule has 1 unspecified atom stereocenters. The van der Waals surface area contributed by atoms with Crippen molar-refractivity contribution in [3.8, 4) is 0 Å². The molecule has 0 saturated carbocycles. The lowest BCUT2D eigenvalue weighted by atomic mass is 10.0. The fraction of sp³-hybridized carbons (Fsp3) is 0.333. The van der Waals surface area contributed by atoms with Gasteiger partial charge in [-0.2, -0.15) is 0 Å². The molecule has 18 heavy (non-hydrogen) atoms. The van der Waals surface area contributed by atoms with Crippen molar-refractivity contribution < 1.29 is 0 Å². The van der Waals surface area contributed by atoms with Crippen LogP contribution in [0.15, 0.2) is 35.7 Å². The van der Waals surface area contributed by atoms with Crippen LogP contribution >= 0.6 is 22.9 Å². The number of thiophene rings is 1. The summed E-state index contributed by atoms with van der Waals surface area (Å²) < 4.78 is 0.849. The van der Waals surface area contributed by atoms with Crippen molar-refractivity contribution >= 4 is 22.9 Å². The molecule has 0 spiro atoms. The average Bonchev–Trinajstić information content (AvgIpc) is 2.76. The lowest BCUT2D eigenvalue weighted by Crippen LogP contribution is -2.22. The maximum atomic E-state index is 5.97. The number of halogens is 1. The Morgan fingerprint density at radius 3 is 2.44 bits per heavy atom. The molecule has 2 atom stereocenters. The zero-order valence-corrected chi connectivity index (χ0v) is 12.5. The topological polar surface area (TPSA) is 12.0 Å². The van der Waals surface area contributed by atoms with Crippen LogP contribution in [0.25, 0.3) is 0 Å². The Morgan fingerprint density at radius 1 is 1.11 bits per heavy atom. The number of benzene rings is 1. The number of hydrogen-bond donors (Lipinski definition) is 1. The van der Waals surface area contributed by atoms with Gasteiger partial charge in [-0.3, -0.25) is 0 Å². The van der Waals surface area contributed by atoms with E-state index < -0.39 is 0 Å². The first-order chi connectivity index (χ1) is 8.56. The number of rotatable bonds is 4. The van der Waals surface area contributed by atoms with E-state index in [0.29, 0.717) is 12.1 Å². The molecule has 1 aromatic carbocycles. The monoisotopic (exact) mass is 279 g/mol. The summed E-state index contributed by atoms with van der Waals surface area (Å²) in [6, 6.07) is 11.3. The predicted octanol–water partition coefficient (Wildman–Crippen LogP) is 5.12. The van der Waals surface area contributed by atoms with Gasteiger partial charge in [0.25, 0.3) is 0 Å². The predicted molar refractivity (Wildman–Crippen MR) is 80.5 cm³/mol. The van der Waals surface area contributed by atoms with E-state index in [1.807, 2.05) is 6.07 Å². The zero-order valence-electron chi connectivity index (χ0n) is 10.9. The number of aryl methyl sites for hydroxylation is 1. The molecular weight excluding hydrogens is 262 g/mol. The summed E-state index contributed by atoms with van der Waals surface area (Å²) in [6.07, 6.45) is 0. The molecule has 0 fully saturated rings. The molecule has 2 aromatic rings. The normalized spacial score (nSPS) is 14.4.